The molecule has 3 rings (SSSR count). The van der Waals surface area contributed by atoms with Crippen LogP contribution in [0.3, 0.4) is 0 Å². The number of hydrogen-bond donors (Lipinski definition) is 2. The second kappa shape index (κ2) is 7.88. The van der Waals surface area contributed by atoms with E-state index in [0.717, 1.165) is 31.5 Å². The number of carbonyl (C=O) groups excluding carboxylic acids is 2. The maximum Gasteiger partial charge on any atom is 0.416 e. The van der Waals surface area contributed by atoms with Gasteiger partial charge in [0, 0.05) is 31.6 Å². The highest BCUT2D eigenvalue weighted by molar-refractivity contribution is 5.89. The van der Waals surface area contributed by atoms with Crippen molar-refractivity contribution in [2.45, 2.75) is 51.0 Å². The first-order chi connectivity index (χ1) is 12.7. The highest BCUT2D eigenvalue weighted by Gasteiger charge is 2.36. The third-order valence-electron chi connectivity index (χ3n) is 5.30. The van der Waals surface area contributed by atoms with E-state index in [1.807, 2.05) is 6.92 Å². The summed E-state index contributed by atoms with van der Waals surface area (Å²) in [7, 11) is 0. The van der Waals surface area contributed by atoms with Crippen LogP contribution in [0.5, 0.6) is 0 Å². The van der Waals surface area contributed by atoms with Crippen molar-refractivity contribution in [2.75, 3.05) is 13.1 Å². The van der Waals surface area contributed by atoms with Crippen LogP contribution < -0.4 is 10.6 Å². The summed E-state index contributed by atoms with van der Waals surface area (Å²) in [5.74, 6) is -0.824. The summed E-state index contributed by atoms with van der Waals surface area (Å²) >= 11 is 0. The number of benzene rings is 1. The Morgan fingerprint density at radius 3 is 2.85 bits per heavy atom. The van der Waals surface area contributed by atoms with Crippen LogP contribution in [0.1, 0.15) is 37.3 Å². The van der Waals surface area contributed by atoms with Gasteiger partial charge in [-0.2, -0.15) is 13.2 Å². The summed E-state index contributed by atoms with van der Waals surface area (Å²) in [6.07, 6.45) is -2.44. The molecule has 2 heterocycles. The number of rotatable bonds is 4. The number of halogens is 3. The van der Waals surface area contributed by atoms with Gasteiger partial charge in [0.1, 0.15) is 0 Å². The standard InChI is InChI=1S/C19H24F3N3O2/c1-12-16(6-3-7-23-12)24-18(27)14-9-17(26)25(11-14)10-13-4-2-5-15(8-13)19(20,21)22/h2,4-5,8,12,14,16,23H,3,6-7,9-11H2,1H3,(H,24,27). The first-order valence-electron chi connectivity index (χ1n) is 9.21. The molecule has 0 radical (unpaired) electrons. The van der Waals surface area contributed by atoms with Gasteiger partial charge in [0.25, 0.3) is 0 Å². The zero-order valence-corrected chi connectivity index (χ0v) is 15.2. The highest BCUT2D eigenvalue weighted by Crippen LogP contribution is 2.30. The van der Waals surface area contributed by atoms with Gasteiger partial charge < -0.3 is 15.5 Å². The maximum atomic E-state index is 12.8. The topological polar surface area (TPSA) is 61.4 Å². The lowest BCUT2D eigenvalue weighted by Gasteiger charge is -2.31. The molecular formula is C19H24F3N3O2. The van der Waals surface area contributed by atoms with Gasteiger partial charge in [-0.3, -0.25) is 9.59 Å². The number of carbonyl (C=O) groups is 2. The van der Waals surface area contributed by atoms with E-state index >= 15 is 0 Å². The summed E-state index contributed by atoms with van der Waals surface area (Å²) < 4.78 is 38.5. The van der Waals surface area contributed by atoms with Gasteiger partial charge in [-0.1, -0.05) is 12.1 Å². The van der Waals surface area contributed by atoms with Gasteiger partial charge in [-0.15, -0.1) is 0 Å². The van der Waals surface area contributed by atoms with Crippen LogP contribution in [-0.2, 0) is 22.3 Å². The lowest BCUT2D eigenvalue weighted by Crippen LogP contribution is -2.53. The predicted octanol–water partition coefficient (Wildman–Crippen LogP) is 2.31. The van der Waals surface area contributed by atoms with Gasteiger partial charge in [0.05, 0.1) is 11.5 Å². The quantitative estimate of drug-likeness (QED) is 0.839. The van der Waals surface area contributed by atoms with E-state index in [2.05, 4.69) is 10.6 Å². The fourth-order valence-electron chi connectivity index (χ4n) is 3.71. The van der Waals surface area contributed by atoms with E-state index in [1.165, 1.54) is 11.0 Å². The van der Waals surface area contributed by atoms with E-state index in [1.54, 1.807) is 6.07 Å². The molecule has 0 aliphatic carbocycles. The zero-order valence-electron chi connectivity index (χ0n) is 15.2. The Morgan fingerprint density at radius 1 is 1.37 bits per heavy atom. The average Bonchev–Trinajstić information content (AvgIpc) is 2.97. The number of amides is 2. The van der Waals surface area contributed by atoms with Crippen molar-refractivity contribution < 1.29 is 22.8 Å². The largest absolute Gasteiger partial charge is 0.416 e. The van der Waals surface area contributed by atoms with E-state index in [9.17, 15) is 22.8 Å². The first-order valence-corrected chi connectivity index (χ1v) is 9.21. The molecule has 0 saturated carbocycles. The number of nitrogens with one attached hydrogen (secondary N) is 2. The van der Waals surface area contributed by atoms with Crippen LogP contribution in [-0.4, -0.2) is 41.9 Å². The fourth-order valence-corrected chi connectivity index (χ4v) is 3.71. The van der Waals surface area contributed by atoms with E-state index in [0.29, 0.717) is 5.56 Å². The van der Waals surface area contributed by atoms with Crippen molar-refractivity contribution in [2.24, 2.45) is 5.92 Å². The predicted molar refractivity (Wildman–Crippen MR) is 93.6 cm³/mol. The molecule has 148 valence electrons. The second-order valence-electron chi connectivity index (χ2n) is 7.37. The maximum absolute atomic E-state index is 12.8. The summed E-state index contributed by atoms with van der Waals surface area (Å²) in [6, 6.07) is 5.17. The number of alkyl halides is 3. The van der Waals surface area contributed by atoms with Gasteiger partial charge in [0.15, 0.2) is 0 Å². The summed E-state index contributed by atoms with van der Waals surface area (Å²) in [6.45, 7) is 3.26. The minimum atomic E-state index is -4.42. The summed E-state index contributed by atoms with van der Waals surface area (Å²) in [4.78, 5) is 26.2. The number of piperidine rings is 1. The summed E-state index contributed by atoms with van der Waals surface area (Å²) in [5, 5.41) is 6.33. The second-order valence-corrected chi connectivity index (χ2v) is 7.37. The van der Waals surface area contributed by atoms with Crippen molar-refractivity contribution in [1.82, 2.24) is 15.5 Å². The molecule has 1 aromatic rings. The molecule has 2 aliphatic rings. The summed E-state index contributed by atoms with van der Waals surface area (Å²) in [5.41, 5.74) is -0.330. The van der Waals surface area contributed by atoms with Crippen molar-refractivity contribution in [3.05, 3.63) is 35.4 Å². The third kappa shape index (κ3) is 4.80. The molecule has 5 nitrogen and oxygen atoms in total. The molecule has 2 N–H and O–H groups in total. The molecule has 3 unspecified atom stereocenters. The van der Waals surface area contributed by atoms with Gasteiger partial charge in [0.2, 0.25) is 11.8 Å². The molecule has 3 atom stereocenters. The minimum absolute atomic E-state index is 0.0406. The molecule has 0 spiro atoms. The van der Waals surface area contributed by atoms with Crippen molar-refractivity contribution in [3.8, 4) is 0 Å². The Hall–Kier alpha value is -2.09. The van der Waals surface area contributed by atoms with Crippen molar-refractivity contribution in [3.63, 3.8) is 0 Å². The average molecular weight is 383 g/mol. The first kappa shape index (κ1) is 19.7. The van der Waals surface area contributed by atoms with Gasteiger partial charge >= 0.3 is 6.18 Å². The van der Waals surface area contributed by atoms with E-state index in [-0.39, 0.29) is 43.4 Å². The lowest BCUT2D eigenvalue weighted by molar-refractivity contribution is -0.137. The van der Waals surface area contributed by atoms with Crippen molar-refractivity contribution in [1.29, 1.82) is 0 Å². The number of likely N-dealkylation sites (tertiary alicyclic amines) is 1. The molecule has 2 aliphatic heterocycles. The highest BCUT2D eigenvalue weighted by atomic mass is 19.4. The molecule has 2 fully saturated rings. The van der Waals surface area contributed by atoms with Crippen molar-refractivity contribution >= 4 is 11.8 Å². The zero-order chi connectivity index (χ0) is 19.6. The Kier molecular flexibility index (Phi) is 5.74. The SMILES string of the molecule is CC1NCCCC1NC(=O)C1CC(=O)N(Cc2cccc(C(F)(F)F)c2)C1. The third-order valence-corrected chi connectivity index (χ3v) is 5.30. The molecule has 0 aromatic heterocycles. The smallest absolute Gasteiger partial charge is 0.352 e. The number of nitrogens with zero attached hydrogens (tertiary/aromatic N) is 1. The fraction of sp³-hybridized carbons (Fsp3) is 0.579. The van der Waals surface area contributed by atoms with Gasteiger partial charge in [-0.05, 0) is 44.0 Å². The normalized spacial score (nSPS) is 26.3. The minimum Gasteiger partial charge on any atom is -0.352 e. The molecular weight excluding hydrogens is 359 g/mol. The van der Waals surface area contributed by atoms with Crippen LogP contribution in [0, 0.1) is 5.92 Å². The Bertz CT molecular complexity index is 708. The monoisotopic (exact) mass is 383 g/mol. The molecule has 1 aromatic carbocycles. The molecule has 8 heteroatoms. The van der Waals surface area contributed by atoms with Gasteiger partial charge in [-0.25, -0.2) is 0 Å². The molecule has 2 saturated heterocycles. The molecule has 27 heavy (non-hydrogen) atoms. The number of hydrogen-bond acceptors (Lipinski definition) is 3. The molecule has 0 bridgehead atoms. The molecule has 2 amide bonds. The van der Waals surface area contributed by atoms with Crippen LogP contribution >= 0.6 is 0 Å². The lowest BCUT2D eigenvalue weighted by atomic mass is 9.98. The van der Waals surface area contributed by atoms with E-state index < -0.39 is 17.7 Å². The Labute approximate surface area is 156 Å². The Balaban J connectivity index is 1.59. The van der Waals surface area contributed by atoms with Crippen LogP contribution in [0.4, 0.5) is 13.2 Å². The van der Waals surface area contributed by atoms with Crippen LogP contribution in [0.2, 0.25) is 0 Å². The van der Waals surface area contributed by atoms with E-state index in [4.69, 9.17) is 0 Å². The Morgan fingerprint density at radius 2 is 2.15 bits per heavy atom. The van der Waals surface area contributed by atoms with Crippen LogP contribution in [0.25, 0.3) is 0 Å². The van der Waals surface area contributed by atoms with Crippen LogP contribution in [0.15, 0.2) is 24.3 Å².